The first kappa shape index (κ1) is 6.55. The van der Waals surface area contributed by atoms with Gasteiger partial charge in [-0.25, -0.2) is 0 Å². The van der Waals surface area contributed by atoms with Gasteiger partial charge < -0.3 is 10.1 Å². The van der Waals surface area contributed by atoms with Crippen LogP contribution in [-0.4, -0.2) is 25.7 Å². The summed E-state index contributed by atoms with van der Waals surface area (Å²) in [5.74, 6) is 0. The smallest absolute Gasteiger partial charge is 0.293 e. The van der Waals surface area contributed by atoms with E-state index in [-0.39, 0.29) is 0 Å². The lowest BCUT2D eigenvalue weighted by atomic mass is 10.2. The maximum absolute atomic E-state index is 9.71. The largest absolute Gasteiger partial charge is 0.466 e. The molecule has 3 nitrogen and oxygen atoms in total. The van der Waals surface area contributed by atoms with Gasteiger partial charge in [0.25, 0.3) is 6.47 Å². The van der Waals surface area contributed by atoms with Crippen LogP contribution in [0.1, 0.15) is 12.8 Å². The van der Waals surface area contributed by atoms with E-state index < -0.39 is 0 Å². The molecule has 0 saturated carbocycles. The molecule has 1 aliphatic rings. The lowest BCUT2D eigenvalue weighted by molar-refractivity contribution is -0.129. The van der Waals surface area contributed by atoms with Crippen molar-refractivity contribution in [2.75, 3.05) is 13.2 Å². The van der Waals surface area contributed by atoms with Crippen LogP contribution in [0, 0.1) is 0 Å². The molecule has 0 aromatic rings. The summed E-state index contributed by atoms with van der Waals surface area (Å²) in [5.41, 5.74) is 0. The van der Waals surface area contributed by atoms with Crippen molar-refractivity contribution in [1.82, 2.24) is 5.32 Å². The number of hydrogen-bond donors (Lipinski definition) is 1. The molecule has 1 rings (SSSR count). The number of nitrogens with one attached hydrogen (secondary N) is 1. The number of rotatable bonds is 3. The van der Waals surface area contributed by atoms with E-state index in [1.54, 1.807) is 0 Å². The first-order chi connectivity index (χ1) is 4.43. The third-order valence-corrected chi connectivity index (χ3v) is 1.53. The van der Waals surface area contributed by atoms with Crippen molar-refractivity contribution in [2.24, 2.45) is 0 Å². The first-order valence-corrected chi connectivity index (χ1v) is 3.22. The quantitative estimate of drug-likeness (QED) is 0.541. The van der Waals surface area contributed by atoms with Crippen LogP contribution in [0.3, 0.4) is 0 Å². The van der Waals surface area contributed by atoms with Crippen molar-refractivity contribution in [2.45, 2.75) is 18.9 Å². The standard InChI is InChI=1S/C6H11NO2/c8-5-9-4-6-2-1-3-7-6/h5-7H,1-4H2/t6-/m1/s1. The Balaban J connectivity index is 2.04. The maximum atomic E-state index is 9.71. The summed E-state index contributed by atoms with van der Waals surface area (Å²) in [5, 5.41) is 3.21. The Kier molecular flexibility index (Phi) is 2.51. The zero-order valence-corrected chi connectivity index (χ0v) is 5.30. The van der Waals surface area contributed by atoms with Crippen LogP contribution >= 0.6 is 0 Å². The molecule has 0 spiro atoms. The Morgan fingerprint density at radius 3 is 3.22 bits per heavy atom. The number of hydrogen-bond acceptors (Lipinski definition) is 3. The molecule has 0 aromatic heterocycles. The van der Waals surface area contributed by atoms with E-state index >= 15 is 0 Å². The molecule has 0 aliphatic carbocycles. The molecule has 52 valence electrons. The Hall–Kier alpha value is -0.570. The van der Waals surface area contributed by atoms with Gasteiger partial charge in [-0.2, -0.15) is 0 Å². The zero-order valence-electron chi connectivity index (χ0n) is 5.30. The molecule has 1 fully saturated rings. The molecule has 0 amide bonds. The van der Waals surface area contributed by atoms with Gasteiger partial charge in [0.15, 0.2) is 0 Å². The second kappa shape index (κ2) is 3.45. The van der Waals surface area contributed by atoms with Crippen LogP contribution in [0.15, 0.2) is 0 Å². The fourth-order valence-electron chi connectivity index (χ4n) is 1.05. The minimum atomic E-state index is 0.412. The molecule has 0 radical (unpaired) electrons. The topological polar surface area (TPSA) is 38.3 Å². The Bertz CT molecular complexity index is 89.1. The minimum Gasteiger partial charge on any atom is -0.466 e. The molecule has 1 heterocycles. The highest BCUT2D eigenvalue weighted by molar-refractivity contribution is 5.36. The molecule has 3 heteroatoms. The molecule has 1 saturated heterocycles. The van der Waals surface area contributed by atoms with E-state index in [2.05, 4.69) is 10.1 Å². The second-order valence-electron chi connectivity index (χ2n) is 2.22. The van der Waals surface area contributed by atoms with E-state index in [4.69, 9.17) is 0 Å². The molecule has 1 aliphatic heterocycles. The highest BCUT2D eigenvalue weighted by Crippen LogP contribution is 2.03. The van der Waals surface area contributed by atoms with Crippen LogP contribution in [0.2, 0.25) is 0 Å². The van der Waals surface area contributed by atoms with E-state index in [9.17, 15) is 4.79 Å². The molecular formula is C6H11NO2. The predicted octanol–water partition coefficient (Wildman–Crippen LogP) is -0.0886. The van der Waals surface area contributed by atoms with E-state index in [0.29, 0.717) is 19.1 Å². The second-order valence-corrected chi connectivity index (χ2v) is 2.22. The molecule has 1 N–H and O–H groups in total. The van der Waals surface area contributed by atoms with Gasteiger partial charge in [-0.3, -0.25) is 4.79 Å². The van der Waals surface area contributed by atoms with Crippen LogP contribution < -0.4 is 5.32 Å². The Morgan fingerprint density at radius 1 is 1.78 bits per heavy atom. The first-order valence-electron chi connectivity index (χ1n) is 3.22. The van der Waals surface area contributed by atoms with Gasteiger partial charge in [0, 0.05) is 6.04 Å². The predicted molar refractivity (Wildman–Crippen MR) is 33.0 cm³/mol. The van der Waals surface area contributed by atoms with Crippen LogP contribution in [0.25, 0.3) is 0 Å². The van der Waals surface area contributed by atoms with E-state index in [1.807, 2.05) is 0 Å². The lowest BCUT2D eigenvalue weighted by Crippen LogP contribution is -2.26. The number of carbonyl (C=O) groups excluding carboxylic acids is 1. The lowest BCUT2D eigenvalue weighted by Gasteiger charge is -2.06. The summed E-state index contributed by atoms with van der Waals surface area (Å²) in [4.78, 5) is 9.71. The molecule has 0 bridgehead atoms. The maximum Gasteiger partial charge on any atom is 0.293 e. The fourth-order valence-corrected chi connectivity index (χ4v) is 1.05. The van der Waals surface area contributed by atoms with Gasteiger partial charge in [-0.05, 0) is 19.4 Å². The van der Waals surface area contributed by atoms with E-state index in [0.717, 1.165) is 13.0 Å². The van der Waals surface area contributed by atoms with Crippen molar-refractivity contribution in [3.63, 3.8) is 0 Å². The molecule has 0 unspecified atom stereocenters. The normalized spacial score (nSPS) is 26.0. The van der Waals surface area contributed by atoms with Crippen molar-refractivity contribution in [1.29, 1.82) is 0 Å². The van der Waals surface area contributed by atoms with Gasteiger partial charge >= 0.3 is 0 Å². The summed E-state index contributed by atoms with van der Waals surface area (Å²) in [6.07, 6.45) is 2.33. The van der Waals surface area contributed by atoms with Crippen LogP contribution in [0.4, 0.5) is 0 Å². The fraction of sp³-hybridized carbons (Fsp3) is 0.833. The van der Waals surface area contributed by atoms with Crippen molar-refractivity contribution in [3.05, 3.63) is 0 Å². The summed E-state index contributed by atoms with van der Waals surface area (Å²) >= 11 is 0. The van der Waals surface area contributed by atoms with Crippen molar-refractivity contribution >= 4 is 6.47 Å². The van der Waals surface area contributed by atoms with Crippen molar-refractivity contribution < 1.29 is 9.53 Å². The van der Waals surface area contributed by atoms with Gasteiger partial charge in [0.1, 0.15) is 6.61 Å². The molecular weight excluding hydrogens is 118 g/mol. The van der Waals surface area contributed by atoms with Gasteiger partial charge in [-0.1, -0.05) is 0 Å². The average Bonchev–Trinajstić information content (AvgIpc) is 2.34. The molecule has 1 atom stereocenters. The number of ether oxygens (including phenoxy) is 1. The monoisotopic (exact) mass is 129 g/mol. The number of carbonyl (C=O) groups is 1. The Labute approximate surface area is 54.4 Å². The summed E-state index contributed by atoms with van der Waals surface area (Å²) in [6.45, 7) is 2.09. The van der Waals surface area contributed by atoms with Gasteiger partial charge in [-0.15, -0.1) is 0 Å². The third-order valence-electron chi connectivity index (χ3n) is 1.53. The molecule has 9 heavy (non-hydrogen) atoms. The zero-order chi connectivity index (χ0) is 6.53. The van der Waals surface area contributed by atoms with E-state index in [1.165, 1.54) is 6.42 Å². The molecule has 0 aromatic carbocycles. The minimum absolute atomic E-state index is 0.412. The summed E-state index contributed by atoms with van der Waals surface area (Å²) < 4.78 is 4.57. The average molecular weight is 129 g/mol. The highest BCUT2D eigenvalue weighted by Gasteiger charge is 2.13. The SMILES string of the molecule is O=COC[C@H]1CCCN1. The van der Waals surface area contributed by atoms with Crippen LogP contribution in [0.5, 0.6) is 0 Å². The van der Waals surface area contributed by atoms with Gasteiger partial charge in [0.05, 0.1) is 0 Å². The third kappa shape index (κ3) is 2.01. The van der Waals surface area contributed by atoms with Crippen molar-refractivity contribution in [3.8, 4) is 0 Å². The van der Waals surface area contributed by atoms with Crippen LogP contribution in [-0.2, 0) is 9.53 Å². The van der Waals surface area contributed by atoms with Gasteiger partial charge in [0.2, 0.25) is 0 Å². The highest BCUT2D eigenvalue weighted by atomic mass is 16.5. The summed E-state index contributed by atoms with van der Waals surface area (Å²) in [6, 6.07) is 0.412. The summed E-state index contributed by atoms with van der Waals surface area (Å²) in [7, 11) is 0. The Morgan fingerprint density at radius 2 is 2.67 bits per heavy atom.